The first-order chi connectivity index (χ1) is 12.1. The van der Waals surface area contributed by atoms with Gasteiger partial charge in [-0.15, -0.1) is 0 Å². The van der Waals surface area contributed by atoms with E-state index in [-0.39, 0.29) is 18.0 Å². The number of urea groups is 1. The Morgan fingerprint density at radius 3 is 2.52 bits per heavy atom. The highest BCUT2D eigenvalue weighted by Crippen LogP contribution is 2.14. The molecule has 0 aromatic heterocycles. The average Bonchev–Trinajstić information content (AvgIpc) is 2.85. The number of imide groups is 1. The summed E-state index contributed by atoms with van der Waals surface area (Å²) in [7, 11) is 0. The zero-order chi connectivity index (χ0) is 17.8. The highest BCUT2D eigenvalue weighted by atomic mass is 16.2. The Bertz CT molecular complexity index is 626. The van der Waals surface area contributed by atoms with Crippen molar-refractivity contribution in [3.8, 4) is 0 Å². The minimum atomic E-state index is -0.333. The van der Waals surface area contributed by atoms with E-state index in [1.807, 2.05) is 6.92 Å². The standard InChI is InChI=1S/C19H28N4O2/c1-3-5-17-18(24)23(19(25)20-17)14-22-10-8-21(9-11-22)13-16-7-4-6-15(2)12-16/h4,6-7,12,17H,3,5,8-11,13-14H2,1-2H3,(H,20,25)/t17-/m1/s1. The molecule has 2 fully saturated rings. The first-order valence-electron chi connectivity index (χ1n) is 9.19. The van der Waals surface area contributed by atoms with Crippen LogP contribution in [-0.4, -0.2) is 65.5 Å². The van der Waals surface area contributed by atoms with Gasteiger partial charge in [0, 0.05) is 32.7 Å². The van der Waals surface area contributed by atoms with Crippen LogP contribution in [0.1, 0.15) is 30.9 Å². The van der Waals surface area contributed by atoms with E-state index < -0.39 is 0 Å². The third kappa shape index (κ3) is 4.38. The van der Waals surface area contributed by atoms with Crippen molar-refractivity contribution in [2.24, 2.45) is 0 Å². The van der Waals surface area contributed by atoms with E-state index in [0.717, 1.165) is 39.1 Å². The van der Waals surface area contributed by atoms with Crippen molar-refractivity contribution in [2.45, 2.75) is 39.3 Å². The summed E-state index contributed by atoms with van der Waals surface area (Å²) in [6.07, 6.45) is 1.60. The average molecular weight is 344 g/mol. The fraction of sp³-hybridized carbons (Fsp3) is 0.579. The van der Waals surface area contributed by atoms with Crippen molar-refractivity contribution in [3.05, 3.63) is 35.4 Å². The molecule has 2 heterocycles. The van der Waals surface area contributed by atoms with Crippen molar-refractivity contribution in [3.63, 3.8) is 0 Å². The smallest absolute Gasteiger partial charge is 0.325 e. The van der Waals surface area contributed by atoms with Gasteiger partial charge in [-0.3, -0.25) is 14.6 Å². The third-order valence-electron chi connectivity index (χ3n) is 4.98. The van der Waals surface area contributed by atoms with E-state index in [9.17, 15) is 9.59 Å². The van der Waals surface area contributed by atoms with Crippen molar-refractivity contribution >= 4 is 11.9 Å². The molecular weight excluding hydrogens is 316 g/mol. The molecule has 3 amide bonds. The second-order valence-electron chi connectivity index (χ2n) is 7.08. The third-order valence-corrected chi connectivity index (χ3v) is 4.98. The van der Waals surface area contributed by atoms with Gasteiger partial charge in [0.15, 0.2) is 0 Å². The van der Waals surface area contributed by atoms with E-state index in [2.05, 4.69) is 46.3 Å². The Morgan fingerprint density at radius 1 is 1.12 bits per heavy atom. The van der Waals surface area contributed by atoms with Gasteiger partial charge in [0.1, 0.15) is 6.04 Å². The predicted molar refractivity (Wildman–Crippen MR) is 97.0 cm³/mol. The van der Waals surface area contributed by atoms with Crippen LogP contribution in [-0.2, 0) is 11.3 Å². The maximum Gasteiger partial charge on any atom is 0.325 e. The van der Waals surface area contributed by atoms with Crippen LogP contribution >= 0.6 is 0 Å². The number of carbonyl (C=O) groups is 2. The number of amides is 3. The van der Waals surface area contributed by atoms with Gasteiger partial charge in [-0.05, 0) is 18.9 Å². The van der Waals surface area contributed by atoms with Crippen molar-refractivity contribution in [1.29, 1.82) is 0 Å². The lowest BCUT2D eigenvalue weighted by atomic mass is 10.1. The molecule has 1 N–H and O–H groups in total. The second-order valence-corrected chi connectivity index (χ2v) is 7.08. The molecule has 0 aliphatic carbocycles. The number of aryl methyl sites for hydroxylation is 1. The molecule has 1 aromatic rings. The van der Waals surface area contributed by atoms with Gasteiger partial charge in [-0.2, -0.15) is 0 Å². The summed E-state index contributed by atoms with van der Waals surface area (Å²) in [5.41, 5.74) is 2.63. The number of hydrogen-bond acceptors (Lipinski definition) is 4. The monoisotopic (exact) mass is 344 g/mol. The fourth-order valence-corrected chi connectivity index (χ4v) is 3.55. The minimum Gasteiger partial charge on any atom is -0.326 e. The number of nitrogens with one attached hydrogen (secondary N) is 1. The van der Waals surface area contributed by atoms with E-state index in [0.29, 0.717) is 13.1 Å². The summed E-state index contributed by atoms with van der Waals surface area (Å²) in [6.45, 7) is 9.16. The first kappa shape index (κ1) is 17.9. The predicted octanol–water partition coefficient (Wildman–Crippen LogP) is 1.79. The van der Waals surface area contributed by atoms with E-state index >= 15 is 0 Å². The number of piperazine rings is 1. The maximum atomic E-state index is 12.3. The van der Waals surface area contributed by atoms with Crippen LogP contribution < -0.4 is 5.32 Å². The Kier molecular flexibility index (Phi) is 5.71. The zero-order valence-corrected chi connectivity index (χ0v) is 15.2. The summed E-state index contributed by atoms with van der Waals surface area (Å²) >= 11 is 0. The Hall–Kier alpha value is -1.92. The molecule has 0 spiro atoms. The Morgan fingerprint density at radius 2 is 1.84 bits per heavy atom. The molecule has 2 saturated heterocycles. The summed E-state index contributed by atoms with van der Waals surface area (Å²) in [6, 6.07) is 8.04. The van der Waals surface area contributed by atoms with Gasteiger partial charge in [-0.25, -0.2) is 9.69 Å². The summed E-state index contributed by atoms with van der Waals surface area (Å²) in [5, 5.41) is 2.79. The number of nitrogens with zero attached hydrogens (tertiary/aromatic N) is 3. The molecule has 0 bridgehead atoms. The van der Waals surface area contributed by atoms with Crippen LogP contribution in [0.15, 0.2) is 24.3 Å². The zero-order valence-electron chi connectivity index (χ0n) is 15.2. The summed E-state index contributed by atoms with van der Waals surface area (Å²) in [5.74, 6) is -0.0750. The molecule has 1 aromatic carbocycles. The molecular formula is C19H28N4O2. The second kappa shape index (κ2) is 7.97. The lowest BCUT2D eigenvalue weighted by Gasteiger charge is -2.36. The maximum absolute atomic E-state index is 12.3. The van der Waals surface area contributed by atoms with Crippen molar-refractivity contribution in [1.82, 2.24) is 20.0 Å². The van der Waals surface area contributed by atoms with Crippen LogP contribution in [0, 0.1) is 6.92 Å². The van der Waals surface area contributed by atoms with Gasteiger partial charge in [0.2, 0.25) is 0 Å². The van der Waals surface area contributed by atoms with E-state index in [1.54, 1.807) is 0 Å². The molecule has 2 aliphatic rings. The van der Waals surface area contributed by atoms with Crippen LogP contribution in [0.25, 0.3) is 0 Å². The number of benzene rings is 1. The van der Waals surface area contributed by atoms with Crippen LogP contribution in [0.5, 0.6) is 0 Å². The molecule has 2 aliphatic heterocycles. The molecule has 1 atom stereocenters. The lowest BCUT2D eigenvalue weighted by molar-refractivity contribution is -0.129. The first-order valence-corrected chi connectivity index (χ1v) is 9.19. The number of carbonyl (C=O) groups excluding carboxylic acids is 2. The lowest BCUT2D eigenvalue weighted by Crippen LogP contribution is -2.51. The van der Waals surface area contributed by atoms with Crippen LogP contribution in [0.2, 0.25) is 0 Å². The SMILES string of the molecule is CCC[C@H]1NC(=O)N(CN2CCN(Cc3cccc(C)c3)CC2)C1=O. The quantitative estimate of drug-likeness (QED) is 0.800. The fourth-order valence-electron chi connectivity index (χ4n) is 3.55. The number of hydrogen-bond donors (Lipinski definition) is 1. The molecule has 0 saturated carbocycles. The van der Waals surface area contributed by atoms with Gasteiger partial charge < -0.3 is 5.32 Å². The van der Waals surface area contributed by atoms with Crippen molar-refractivity contribution in [2.75, 3.05) is 32.8 Å². The highest BCUT2D eigenvalue weighted by molar-refractivity contribution is 6.04. The van der Waals surface area contributed by atoms with Crippen LogP contribution in [0.4, 0.5) is 4.79 Å². The summed E-state index contributed by atoms with van der Waals surface area (Å²) < 4.78 is 0. The Balaban J connectivity index is 1.48. The molecule has 136 valence electrons. The van der Waals surface area contributed by atoms with Crippen LogP contribution in [0.3, 0.4) is 0 Å². The normalized spacial score (nSPS) is 22.5. The highest BCUT2D eigenvalue weighted by Gasteiger charge is 2.38. The summed E-state index contributed by atoms with van der Waals surface area (Å²) in [4.78, 5) is 30.4. The minimum absolute atomic E-state index is 0.0750. The van der Waals surface area contributed by atoms with E-state index in [1.165, 1.54) is 16.0 Å². The molecule has 25 heavy (non-hydrogen) atoms. The Labute approximate surface area is 149 Å². The van der Waals surface area contributed by atoms with E-state index in [4.69, 9.17) is 0 Å². The molecule has 6 heteroatoms. The van der Waals surface area contributed by atoms with Gasteiger partial charge in [0.25, 0.3) is 5.91 Å². The molecule has 0 unspecified atom stereocenters. The number of rotatable bonds is 6. The molecule has 6 nitrogen and oxygen atoms in total. The van der Waals surface area contributed by atoms with Gasteiger partial charge in [-0.1, -0.05) is 43.2 Å². The van der Waals surface area contributed by atoms with Crippen molar-refractivity contribution < 1.29 is 9.59 Å². The van der Waals surface area contributed by atoms with Gasteiger partial charge in [0.05, 0.1) is 6.67 Å². The molecule has 3 rings (SSSR count). The topological polar surface area (TPSA) is 55.9 Å². The van der Waals surface area contributed by atoms with Gasteiger partial charge >= 0.3 is 6.03 Å². The largest absolute Gasteiger partial charge is 0.326 e. The molecule has 0 radical (unpaired) electrons.